The summed E-state index contributed by atoms with van der Waals surface area (Å²) < 4.78 is 5.11. The molecule has 0 atom stereocenters. The number of benzene rings is 1. The van der Waals surface area contributed by atoms with Gasteiger partial charge in [-0.25, -0.2) is 15.0 Å². The number of aromatic nitrogens is 3. The molecule has 2 rings (SSSR count). The van der Waals surface area contributed by atoms with Crippen molar-refractivity contribution in [2.45, 2.75) is 11.8 Å². The highest BCUT2D eigenvalue weighted by atomic mass is 35.5. The van der Waals surface area contributed by atoms with Crippen LogP contribution in [0.15, 0.2) is 24.3 Å². The van der Waals surface area contributed by atoms with Gasteiger partial charge in [-0.3, -0.25) is 0 Å². The Labute approximate surface area is 127 Å². The van der Waals surface area contributed by atoms with Crippen molar-refractivity contribution >= 4 is 35.4 Å². The summed E-state index contributed by atoms with van der Waals surface area (Å²) >= 11 is 11.5. The van der Waals surface area contributed by atoms with Crippen LogP contribution in [0, 0.1) is 0 Å². The van der Waals surface area contributed by atoms with Crippen molar-refractivity contribution in [1.29, 1.82) is 0 Å². The molecule has 0 aliphatic rings. The van der Waals surface area contributed by atoms with Gasteiger partial charge in [-0.15, -0.1) is 23.2 Å². The van der Waals surface area contributed by atoms with Crippen LogP contribution in [-0.4, -0.2) is 22.1 Å². The Morgan fingerprint density at radius 1 is 0.950 bits per heavy atom. The maximum absolute atomic E-state index is 5.74. The lowest BCUT2D eigenvalue weighted by atomic mass is 10.2. The number of methoxy groups -OCH3 is 1. The minimum absolute atomic E-state index is 0.232. The summed E-state index contributed by atoms with van der Waals surface area (Å²) in [7, 11) is 1.64. The molecule has 2 aromatic rings. The van der Waals surface area contributed by atoms with Crippen molar-refractivity contribution in [3.63, 3.8) is 0 Å². The molecule has 0 aliphatic heterocycles. The highest BCUT2D eigenvalue weighted by molar-refractivity contribution is 6.17. The van der Waals surface area contributed by atoms with Crippen LogP contribution in [0.2, 0.25) is 0 Å². The number of hydrogen-bond donors (Lipinski definition) is 0. The minimum atomic E-state index is 0.232. The lowest BCUT2D eigenvalue weighted by Gasteiger charge is -2.01. The predicted octanol–water partition coefficient (Wildman–Crippen LogP) is 3.53. The highest BCUT2D eigenvalue weighted by Gasteiger charge is 2.02. The van der Waals surface area contributed by atoms with Gasteiger partial charge in [-0.2, -0.15) is 0 Å². The lowest BCUT2D eigenvalue weighted by Crippen LogP contribution is -2.02. The SMILES string of the molecule is COc1ccc(C=Cc2nc(CCl)nc(CCl)n2)cc1. The molecule has 0 saturated carbocycles. The third kappa shape index (κ3) is 3.92. The molecular formula is C14H13Cl2N3O. The average molecular weight is 310 g/mol. The molecule has 1 heterocycles. The van der Waals surface area contributed by atoms with E-state index in [1.54, 1.807) is 13.2 Å². The molecule has 20 heavy (non-hydrogen) atoms. The van der Waals surface area contributed by atoms with Gasteiger partial charge in [0.2, 0.25) is 0 Å². The summed E-state index contributed by atoms with van der Waals surface area (Å²) in [5, 5.41) is 0. The number of ether oxygens (including phenoxy) is 1. The van der Waals surface area contributed by atoms with Crippen LogP contribution < -0.4 is 4.74 Å². The monoisotopic (exact) mass is 309 g/mol. The molecule has 6 heteroatoms. The zero-order valence-corrected chi connectivity index (χ0v) is 12.4. The second-order valence-corrected chi connectivity index (χ2v) is 4.43. The maximum atomic E-state index is 5.74. The molecule has 0 N–H and O–H groups in total. The average Bonchev–Trinajstić information content (AvgIpc) is 2.53. The van der Waals surface area contributed by atoms with E-state index >= 15 is 0 Å². The Morgan fingerprint density at radius 3 is 2.05 bits per heavy atom. The van der Waals surface area contributed by atoms with Gasteiger partial charge in [-0.05, 0) is 23.8 Å². The summed E-state index contributed by atoms with van der Waals surface area (Å²) in [5.41, 5.74) is 1.02. The molecule has 0 fully saturated rings. The van der Waals surface area contributed by atoms with Gasteiger partial charge in [0.15, 0.2) is 5.82 Å². The molecule has 0 amide bonds. The fraction of sp³-hybridized carbons (Fsp3) is 0.214. The van der Waals surface area contributed by atoms with Crippen LogP contribution in [0.4, 0.5) is 0 Å². The zero-order valence-electron chi connectivity index (χ0n) is 10.9. The topological polar surface area (TPSA) is 47.9 Å². The first-order valence-corrected chi connectivity index (χ1v) is 7.00. The van der Waals surface area contributed by atoms with E-state index in [4.69, 9.17) is 27.9 Å². The molecule has 4 nitrogen and oxygen atoms in total. The Bertz CT molecular complexity index is 578. The number of hydrogen-bond acceptors (Lipinski definition) is 4. The molecule has 0 unspecified atom stereocenters. The minimum Gasteiger partial charge on any atom is -0.497 e. The normalized spacial score (nSPS) is 10.9. The molecule has 0 saturated heterocycles. The van der Waals surface area contributed by atoms with Crippen molar-refractivity contribution in [3.05, 3.63) is 47.3 Å². The Balaban J connectivity index is 2.21. The van der Waals surface area contributed by atoms with E-state index in [9.17, 15) is 0 Å². The fourth-order valence-corrected chi connectivity index (χ4v) is 1.81. The second-order valence-electron chi connectivity index (χ2n) is 3.90. The summed E-state index contributed by atoms with van der Waals surface area (Å²) in [5.74, 6) is 2.86. The standard InChI is InChI=1S/C14H13Cl2N3O/c1-20-11-5-2-10(3-6-11)4-7-12-17-13(8-15)19-14(9-16)18-12/h2-7H,8-9H2,1H3. The molecule has 0 bridgehead atoms. The van der Waals surface area contributed by atoms with Crippen molar-refractivity contribution in [2.24, 2.45) is 0 Å². The van der Waals surface area contributed by atoms with Crippen molar-refractivity contribution in [2.75, 3.05) is 7.11 Å². The van der Waals surface area contributed by atoms with Gasteiger partial charge >= 0.3 is 0 Å². The van der Waals surface area contributed by atoms with E-state index in [2.05, 4.69) is 15.0 Å². The summed E-state index contributed by atoms with van der Waals surface area (Å²) in [4.78, 5) is 12.6. The van der Waals surface area contributed by atoms with Gasteiger partial charge in [0.05, 0.1) is 18.9 Å². The van der Waals surface area contributed by atoms with Crippen molar-refractivity contribution < 1.29 is 4.74 Å². The Hall–Kier alpha value is -1.65. The highest BCUT2D eigenvalue weighted by Crippen LogP contribution is 2.13. The molecule has 1 aromatic heterocycles. The van der Waals surface area contributed by atoms with Gasteiger partial charge in [0, 0.05) is 0 Å². The quantitative estimate of drug-likeness (QED) is 0.793. The van der Waals surface area contributed by atoms with E-state index in [-0.39, 0.29) is 11.8 Å². The smallest absolute Gasteiger partial charge is 0.156 e. The summed E-state index contributed by atoms with van der Waals surface area (Å²) in [6.07, 6.45) is 3.71. The van der Waals surface area contributed by atoms with Crippen LogP contribution in [0.25, 0.3) is 12.2 Å². The van der Waals surface area contributed by atoms with Crippen molar-refractivity contribution in [1.82, 2.24) is 15.0 Å². The summed E-state index contributed by atoms with van der Waals surface area (Å²) in [6.45, 7) is 0. The second kappa shape index (κ2) is 7.22. The van der Waals surface area contributed by atoms with Crippen LogP contribution in [0.1, 0.15) is 23.0 Å². The maximum Gasteiger partial charge on any atom is 0.156 e. The number of alkyl halides is 2. The first-order valence-electron chi connectivity index (χ1n) is 5.93. The van der Waals surface area contributed by atoms with Crippen LogP contribution >= 0.6 is 23.2 Å². The predicted molar refractivity (Wildman–Crippen MR) is 80.9 cm³/mol. The van der Waals surface area contributed by atoms with E-state index in [0.29, 0.717) is 17.5 Å². The first-order chi connectivity index (χ1) is 9.75. The molecule has 104 valence electrons. The Morgan fingerprint density at radius 2 is 1.55 bits per heavy atom. The van der Waals surface area contributed by atoms with Gasteiger partial charge in [0.25, 0.3) is 0 Å². The largest absolute Gasteiger partial charge is 0.497 e. The lowest BCUT2D eigenvalue weighted by molar-refractivity contribution is 0.415. The molecule has 0 radical (unpaired) electrons. The third-order valence-electron chi connectivity index (χ3n) is 2.53. The van der Waals surface area contributed by atoms with Crippen LogP contribution in [-0.2, 0) is 11.8 Å². The van der Waals surface area contributed by atoms with Crippen molar-refractivity contribution in [3.8, 4) is 5.75 Å². The van der Waals surface area contributed by atoms with E-state index in [1.165, 1.54) is 0 Å². The first kappa shape index (κ1) is 14.8. The van der Waals surface area contributed by atoms with E-state index in [0.717, 1.165) is 11.3 Å². The van der Waals surface area contributed by atoms with Gasteiger partial charge in [-0.1, -0.05) is 18.2 Å². The van der Waals surface area contributed by atoms with Gasteiger partial charge in [0.1, 0.15) is 17.4 Å². The number of halogens is 2. The van der Waals surface area contributed by atoms with Crippen LogP contribution in [0.3, 0.4) is 0 Å². The zero-order chi connectivity index (χ0) is 14.4. The van der Waals surface area contributed by atoms with Gasteiger partial charge < -0.3 is 4.74 Å². The molecule has 0 aliphatic carbocycles. The fourth-order valence-electron chi connectivity index (χ4n) is 1.57. The van der Waals surface area contributed by atoms with E-state index in [1.807, 2.05) is 30.3 Å². The Kier molecular flexibility index (Phi) is 5.32. The molecular weight excluding hydrogens is 297 g/mol. The van der Waals surface area contributed by atoms with Crippen LogP contribution in [0.5, 0.6) is 5.75 Å². The number of rotatable bonds is 5. The summed E-state index contributed by atoms with van der Waals surface area (Å²) in [6, 6.07) is 7.67. The molecule has 1 aromatic carbocycles. The van der Waals surface area contributed by atoms with E-state index < -0.39 is 0 Å². The number of nitrogens with zero attached hydrogens (tertiary/aromatic N) is 3. The third-order valence-corrected chi connectivity index (χ3v) is 3.00. The molecule has 0 spiro atoms.